The molecule has 1 aromatic heterocycles. The second kappa shape index (κ2) is 13.4. The molecule has 0 saturated heterocycles. The molecule has 0 unspecified atom stereocenters. The summed E-state index contributed by atoms with van der Waals surface area (Å²) in [5.74, 6) is 0.618. The quantitative estimate of drug-likeness (QED) is 0.183. The number of anilines is 5. The Hall–Kier alpha value is -4.44. The first kappa shape index (κ1) is 29.1. The van der Waals surface area contributed by atoms with Crippen LogP contribution >= 0.6 is 0 Å². The molecule has 0 spiro atoms. The number of carbonyl (C=O) groups excluding carboxylic acids is 1. The minimum absolute atomic E-state index is 0.250. The third-order valence-corrected chi connectivity index (χ3v) is 5.90. The Balaban J connectivity index is 1.97. The minimum Gasteiger partial charge on any atom is -0.494 e. The summed E-state index contributed by atoms with van der Waals surface area (Å²) in [7, 11) is 7.58. The lowest BCUT2D eigenvalue weighted by atomic mass is 10.1. The largest absolute Gasteiger partial charge is 0.494 e. The van der Waals surface area contributed by atoms with Gasteiger partial charge in [0.05, 0.1) is 29.9 Å². The Morgan fingerprint density at radius 3 is 2.51 bits per heavy atom. The van der Waals surface area contributed by atoms with Gasteiger partial charge in [-0.2, -0.15) is 0 Å². The van der Waals surface area contributed by atoms with E-state index in [0.29, 0.717) is 28.8 Å². The van der Waals surface area contributed by atoms with Crippen molar-refractivity contribution in [2.45, 2.75) is 19.9 Å². The molecular formula is C29H38N8O2. The van der Waals surface area contributed by atoms with Crippen LogP contribution < -0.4 is 25.6 Å². The topological polar surface area (TPSA) is 118 Å². The van der Waals surface area contributed by atoms with Gasteiger partial charge in [0.2, 0.25) is 11.9 Å². The van der Waals surface area contributed by atoms with Gasteiger partial charge in [-0.3, -0.25) is 4.79 Å². The van der Waals surface area contributed by atoms with E-state index in [9.17, 15) is 4.79 Å². The van der Waals surface area contributed by atoms with Crippen LogP contribution in [0.15, 0.2) is 55.3 Å². The number of methoxy groups -OCH3 is 1. The smallest absolute Gasteiger partial charge is 0.247 e. The Morgan fingerprint density at radius 2 is 1.87 bits per heavy atom. The van der Waals surface area contributed by atoms with Crippen LogP contribution in [0.3, 0.4) is 0 Å². The lowest BCUT2D eigenvalue weighted by molar-refractivity contribution is -0.111. The predicted molar refractivity (Wildman–Crippen MR) is 161 cm³/mol. The molecule has 39 heavy (non-hydrogen) atoms. The highest BCUT2D eigenvalue weighted by Crippen LogP contribution is 2.38. The van der Waals surface area contributed by atoms with Crippen molar-refractivity contribution >= 4 is 40.8 Å². The number of benzene rings is 2. The molecule has 206 valence electrons. The van der Waals surface area contributed by atoms with Gasteiger partial charge in [0.15, 0.2) is 0 Å². The van der Waals surface area contributed by atoms with E-state index in [1.54, 1.807) is 19.4 Å². The third-order valence-electron chi connectivity index (χ3n) is 5.90. The zero-order valence-corrected chi connectivity index (χ0v) is 23.5. The molecule has 0 aliphatic rings. The molecule has 0 bridgehead atoms. The Labute approximate surface area is 230 Å². The average molecular weight is 531 g/mol. The Morgan fingerprint density at radius 1 is 1.10 bits per heavy atom. The molecule has 1 amide bonds. The minimum atomic E-state index is -0.316. The van der Waals surface area contributed by atoms with Gasteiger partial charge < -0.3 is 35.9 Å². The van der Waals surface area contributed by atoms with E-state index in [1.165, 1.54) is 12.3 Å². The van der Waals surface area contributed by atoms with Gasteiger partial charge in [0, 0.05) is 61.5 Å². The summed E-state index contributed by atoms with van der Waals surface area (Å²) in [6.07, 6.45) is 4.24. The number of ether oxygens (including phenoxy) is 1. The maximum atomic E-state index is 12.2. The average Bonchev–Trinajstić information content (AvgIpc) is 2.91. The number of likely N-dealkylation sites (N-methyl/N-ethyl adjacent to an activating group) is 2. The molecule has 0 aliphatic heterocycles. The standard InChI is InChI=1S/C29H38N8O2/c1-8-28(38)33-24-16-25(27(39-7)17-26(24)37(6)14-13-36(4)5)35-29-31-12-11-23(34-29)20-9-10-22(32-19(2)3)21(15-20)18-30/h8-12,15-19,30,32H,1,13-14H2,2-7H3,(H,33,38)(H,31,34,35). The molecule has 1 heterocycles. The van der Waals surface area contributed by atoms with E-state index in [4.69, 9.17) is 15.1 Å². The fourth-order valence-electron chi connectivity index (χ4n) is 3.89. The summed E-state index contributed by atoms with van der Waals surface area (Å²) in [5, 5.41) is 17.3. The first-order valence-corrected chi connectivity index (χ1v) is 12.7. The second-order valence-electron chi connectivity index (χ2n) is 9.62. The number of carbonyl (C=O) groups is 1. The summed E-state index contributed by atoms with van der Waals surface area (Å²) in [4.78, 5) is 25.5. The van der Waals surface area contributed by atoms with Gasteiger partial charge in [0.1, 0.15) is 5.75 Å². The van der Waals surface area contributed by atoms with Crippen LogP contribution in [0.2, 0.25) is 0 Å². The van der Waals surface area contributed by atoms with Crippen LogP contribution in [0.25, 0.3) is 11.3 Å². The maximum absolute atomic E-state index is 12.2. The van der Waals surface area contributed by atoms with E-state index in [2.05, 4.69) is 51.2 Å². The molecule has 4 N–H and O–H groups in total. The molecule has 0 fully saturated rings. The van der Waals surface area contributed by atoms with Crippen LogP contribution in [0, 0.1) is 5.41 Å². The molecule has 2 aromatic carbocycles. The molecule has 3 rings (SSSR count). The van der Waals surface area contributed by atoms with Crippen LogP contribution in [-0.4, -0.2) is 74.4 Å². The molecule has 3 aromatic rings. The van der Waals surface area contributed by atoms with Gasteiger partial charge in [-0.05, 0) is 58.3 Å². The first-order valence-electron chi connectivity index (χ1n) is 12.7. The van der Waals surface area contributed by atoms with Gasteiger partial charge >= 0.3 is 0 Å². The zero-order chi connectivity index (χ0) is 28.5. The van der Waals surface area contributed by atoms with Gasteiger partial charge in [-0.15, -0.1) is 0 Å². The summed E-state index contributed by atoms with van der Waals surface area (Å²) >= 11 is 0. The van der Waals surface area contributed by atoms with E-state index in [1.807, 2.05) is 51.5 Å². The van der Waals surface area contributed by atoms with Crippen molar-refractivity contribution in [3.8, 4) is 17.0 Å². The highest BCUT2D eigenvalue weighted by molar-refractivity contribution is 6.02. The monoisotopic (exact) mass is 530 g/mol. The number of hydrogen-bond acceptors (Lipinski definition) is 9. The van der Waals surface area contributed by atoms with Crippen molar-refractivity contribution in [1.82, 2.24) is 14.9 Å². The van der Waals surface area contributed by atoms with Crippen LogP contribution in [0.1, 0.15) is 19.4 Å². The van der Waals surface area contributed by atoms with Crippen molar-refractivity contribution in [1.29, 1.82) is 5.41 Å². The maximum Gasteiger partial charge on any atom is 0.247 e. The lowest BCUT2D eigenvalue weighted by Crippen LogP contribution is -2.29. The summed E-state index contributed by atoms with van der Waals surface area (Å²) in [6, 6.07) is 11.6. The van der Waals surface area contributed by atoms with E-state index in [-0.39, 0.29) is 11.9 Å². The number of rotatable bonds is 13. The highest BCUT2D eigenvalue weighted by Gasteiger charge is 2.17. The van der Waals surface area contributed by atoms with Crippen molar-refractivity contribution in [2.24, 2.45) is 0 Å². The summed E-state index contributed by atoms with van der Waals surface area (Å²) < 4.78 is 5.69. The van der Waals surface area contributed by atoms with Crippen LogP contribution in [0.4, 0.5) is 28.7 Å². The Bertz CT molecular complexity index is 1320. The van der Waals surface area contributed by atoms with Crippen molar-refractivity contribution in [2.75, 3.05) is 62.2 Å². The first-order chi connectivity index (χ1) is 18.6. The van der Waals surface area contributed by atoms with E-state index >= 15 is 0 Å². The molecule has 0 saturated carbocycles. The zero-order valence-electron chi connectivity index (χ0n) is 23.5. The normalized spacial score (nSPS) is 10.8. The fourth-order valence-corrected chi connectivity index (χ4v) is 3.89. The van der Waals surface area contributed by atoms with Crippen molar-refractivity contribution in [3.63, 3.8) is 0 Å². The summed E-state index contributed by atoms with van der Waals surface area (Å²) in [5.41, 5.74) is 5.22. The molecular weight excluding hydrogens is 492 g/mol. The number of nitrogens with one attached hydrogen (secondary N) is 4. The van der Waals surface area contributed by atoms with Crippen molar-refractivity contribution in [3.05, 3.63) is 60.8 Å². The highest BCUT2D eigenvalue weighted by atomic mass is 16.5. The predicted octanol–water partition coefficient (Wildman–Crippen LogP) is 4.84. The summed E-state index contributed by atoms with van der Waals surface area (Å²) in [6.45, 7) is 9.27. The molecule has 0 aliphatic carbocycles. The third kappa shape index (κ3) is 7.78. The van der Waals surface area contributed by atoms with Gasteiger partial charge in [0.25, 0.3) is 0 Å². The SMILES string of the molecule is C=CC(=O)Nc1cc(Nc2nccc(-c3ccc(NC(C)C)c(C=N)c3)n2)c(OC)cc1N(C)CCN(C)C. The molecule has 0 atom stereocenters. The van der Waals surface area contributed by atoms with Gasteiger partial charge in [-0.25, -0.2) is 9.97 Å². The van der Waals surface area contributed by atoms with E-state index in [0.717, 1.165) is 35.6 Å². The van der Waals surface area contributed by atoms with Crippen molar-refractivity contribution < 1.29 is 9.53 Å². The number of nitrogens with zero attached hydrogens (tertiary/aromatic N) is 4. The fraction of sp³-hybridized carbons (Fsp3) is 0.310. The van der Waals surface area contributed by atoms with Gasteiger partial charge in [-0.1, -0.05) is 12.6 Å². The lowest BCUT2D eigenvalue weighted by Gasteiger charge is -2.26. The molecule has 10 heteroatoms. The second-order valence-corrected chi connectivity index (χ2v) is 9.62. The van der Waals surface area contributed by atoms with Crippen LogP contribution in [-0.2, 0) is 4.79 Å². The number of amides is 1. The van der Waals surface area contributed by atoms with E-state index < -0.39 is 0 Å². The molecule has 0 radical (unpaired) electrons. The number of aromatic nitrogens is 2. The molecule has 10 nitrogen and oxygen atoms in total. The number of hydrogen-bond donors (Lipinski definition) is 4. The Kier molecular flexibility index (Phi) is 9.99. The van der Waals surface area contributed by atoms with Crippen LogP contribution in [0.5, 0.6) is 5.75 Å².